The lowest BCUT2D eigenvalue weighted by atomic mass is 9.95. The minimum Gasteiger partial charge on any atom is -0.340 e. The smallest absolute Gasteiger partial charge is 0.233 e. The number of amides is 1. The van der Waals surface area contributed by atoms with E-state index in [0.717, 1.165) is 5.56 Å². The highest BCUT2D eigenvalue weighted by molar-refractivity contribution is 8.00. The molecule has 0 bridgehead atoms. The van der Waals surface area contributed by atoms with Gasteiger partial charge in [0.15, 0.2) is 5.78 Å². The molecular weight excluding hydrogens is 387 g/mol. The summed E-state index contributed by atoms with van der Waals surface area (Å²) in [5.41, 5.74) is 7.44. The zero-order valence-corrected chi connectivity index (χ0v) is 16.6. The Morgan fingerprint density at radius 1 is 1.19 bits per heavy atom. The summed E-state index contributed by atoms with van der Waals surface area (Å²) >= 11 is 1.26. The molecule has 7 heteroatoms. The third-order valence-electron chi connectivity index (χ3n) is 4.63. The van der Waals surface area contributed by atoms with Gasteiger partial charge >= 0.3 is 0 Å². The van der Waals surface area contributed by atoms with E-state index in [4.69, 9.17) is 5.73 Å². The lowest BCUT2D eigenvalue weighted by molar-refractivity contribution is -0.127. The van der Waals surface area contributed by atoms with Gasteiger partial charge in [0.1, 0.15) is 5.82 Å². The van der Waals surface area contributed by atoms with Crippen LogP contribution in [0.15, 0.2) is 53.4 Å². The summed E-state index contributed by atoms with van der Waals surface area (Å²) in [6, 6.07) is 14.3. The maximum absolute atomic E-state index is 13.9. The minimum absolute atomic E-state index is 0. The zero-order valence-electron chi connectivity index (χ0n) is 14.9. The number of carbonyl (C=O) groups excluding carboxylic acids is 2. The van der Waals surface area contributed by atoms with Crippen molar-refractivity contribution in [1.29, 1.82) is 0 Å². The first-order valence-electron chi connectivity index (χ1n) is 8.47. The number of carbonyl (C=O) groups is 2. The van der Waals surface area contributed by atoms with E-state index < -0.39 is 5.82 Å². The summed E-state index contributed by atoms with van der Waals surface area (Å²) in [5.74, 6) is -0.527. The fourth-order valence-electron chi connectivity index (χ4n) is 3.19. The van der Waals surface area contributed by atoms with Gasteiger partial charge in [-0.25, -0.2) is 4.39 Å². The van der Waals surface area contributed by atoms with Crippen molar-refractivity contribution in [3.63, 3.8) is 0 Å². The highest BCUT2D eigenvalue weighted by atomic mass is 35.5. The van der Waals surface area contributed by atoms with E-state index in [0.29, 0.717) is 18.0 Å². The molecule has 0 aromatic heterocycles. The van der Waals surface area contributed by atoms with Crippen LogP contribution in [-0.2, 0) is 4.79 Å². The van der Waals surface area contributed by atoms with Crippen molar-refractivity contribution in [2.24, 2.45) is 5.73 Å². The van der Waals surface area contributed by atoms with E-state index in [-0.39, 0.29) is 47.4 Å². The molecule has 2 N–H and O–H groups in total. The van der Waals surface area contributed by atoms with Crippen LogP contribution < -0.4 is 5.73 Å². The molecule has 1 aliphatic rings. The molecule has 1 fully saturated rings. The molecule has 0 unspecified atom stereocenters. The highest BCUT2D eigenvalue weighted by Crippen LogP contribution is 2.28. The van der Waals surface area contributed by atoms with Crippen molar-refractivity contribution in [2.75, 3.05) is 18.8 Å². The lowest BCUT2D eigenvalue weighted by Gasteiger charge is -2.16. The normalized spacial score (nSPS) is 18.9. The molecule has 3 rings (SSSR count). The van der Waals surface area contributed by atoms with E-state index in [1.807, 2.05) is 30.3 Å². The Kier molecular flexibility index (Phi) is 7.41. The Morgan fingerprint density at radius 3 is 2.52 bits per heavy atom. The van der Waals surface area contributed by atoms with Gasteiger partial charge in [-0.3, -0.25) is 9.59 Å². The van der Waals surface area contributed by atoms with E-state index in [2.05, 4.69) is 0 Å². The van der Waals surface area contributed by atoms with Gasteiger partial charge in [0.05, 0.1) is 11.3 Å². The van der Waals surface area contributed by atoms with Crippen LogP contribution in [0.4, 0.5) is 4.39 Å². The molecular formula is C20H22ClFN2O2S. The fraction of sp³-hybridized carbons (Fsp3) is 0.300. The van der Waals surface area contributed by atoms with Crippen LogP contribution in [0.25, 0.3) is 0 Å². The van der Waals surface area contributed by atoms with Gasteiger partial charge in [0, 0.05) is 29.9 Å². The van der Waals surface area contributed by atoms with Crippen molar-refractivity contribution in [2.45, 2.75) is 23.8 Å². The first kappa shape index (κ1) is 21.4. The molecule has 2 atom stereocenters. The molecule has 2 aromatic rings. The second kappa shape index (κ2) is 9.35. The number of hydrogen-bond donors (Lipinski definition) is 1. The summed E-state index contributed by atoms with van der Waals surface area (Å²) in [7, 11) is 0. The first-order chi connectivity index (χ1) is 12.5. The third kappa shape index (κ3) is 5.09. The van der Waals surface area contributed by atoms with Gasteiger partial charge < -0.3 is 10.6 Å². The average Bonchev–Trinajstić information content (AvgIpc) is 3.02. The number of ketones is 1. The van der Waals surface area contributed by atoms with Crippen LogP contribution in [0.1, 0.15) is 28.8 Å². The summed E-state index contributed by atoms with van der Waals surface area (Å²) in [5, 5.41) is 0. The molecule has 0 spiro atoms. The second-order valence-electron chi connectivity index (χ2n) is 6.47. The summed E-state index contributed by atoms with van der Waals surface area (Å²) < 4.78 is 13.9. The van der Waals surface area contributed by atoms with Crippen molar-refractivity contribution in [3.8, 4) is 0 Å². The highest BCUT2D eigenvalue weighted by Gasteiger charge is 2.33. The zero-order chi connectivity index (χ0) is 18.7. The molecule has 0 aliphatic carbocycles. The fourth-order valence-corrected chi connectivity index (χ4v) is 4.02. The molecule has 144 valence electrons. The van der Waals surface area contributed by atoms with Gasteiger partial charge in [-0.15, -0.1) is 24.2 Å². The standard InChI is InChI=1S/C20H21FN2O2S.ClH/c1-13(24)16-8-7-15(9-18(16)21)26-12-20(25)23-10-17(19(22)11-23)14-5-3-2-4-6-14;/h2-9,17,19H,10-12,22H2,1H3;1H/t17-,19+;/m0./s1. The Bertz CT molecular complexity index is 819. The van der Waals surface area contributed by atoms with Crippen molar-refractivity contribution in [1.82, 2.24) is 4.90 Å². The van der Waals surface area contributed by atoms with Crippen LogP contribution in [0, 0.1) is 5.82 Å². The van der Waals surface area contributed by atoms with Gasteiger partial charge in [-0.2, -0.15) is 0 Å². The SMILES string of the molecule is CC(=O)c1ccc(SCC(=O)N2C[C@@H](N)[C@H](c3ccccc3)C2)cc1F.Cl. The van der Waals surface area contributed by atoms with Gasteiger partial charge in [-0.1, -0.05) is 30.3 Å². The van der Waals surface area contributed by atoms with Crippen molar-refractivity contribution < 1.29 is 14.0 Å². The summed E-state index contributed by atoms with van der Waals surface area (Å²) in [6.07, 6.45) is 0. The molecule has 1 heterocycles. The molecule has 1 amide bonds. The van der Waals surface area contributed by atoms with E-state index in [9.17, 15) is 14.0 Å². The molecule has 1 aliphatic heterocycles. The number of hydrogen-bond acceptors (Lipinski definition) is 4. The maximum atomic E-state index is 13.9. The largest absolute Gasteiger partial charge is 0.340 e. The van der Waals surface area contributed by atoms with E-state index >= 15 is 0 Å². The first-order valence-corrected chi connectivity index (χ1v) is 9.46. The Labute approximate surface area is 168 Å². The molecule has 0 radical (unpaired) electrons. The van der Waals surface area contributed by atoms with Crippen LogP contribution in [-0.4, -0.2) is 41.5 Å². The minimum atomic E-state index is -0.553. The maximum Gasteiger partial charge on any atom is 0.233 e. The van der Waals surface area contributed by atoms with Gasteiger partial charge in [-0.05, 0) is 30.7 Å². The number of thioether (sulfide) groups is 1. The number of likely N-dealkylation sites (tertiary alicyclic amines) is 1. The van der Waals surface area contributed by atoms with Crippen molar-refractivity contribution in [3.05, 3.63) is 65.5 Å². The Balaban J connectivity index is 0.00000261. The van der Waals surface area contributed by atoms with Crippen molar-refractivity contribution >= 4 is 35.9 Å². The van der Waals surface area contributed by atoms with Crippen LogP contribution in [0.5, 0.6) is 0 Å². The number of halogens is 2. The van der Waals surface area contributed by atoms with Crippen LogP contribution >= 0.6 is 24.2 Å². The third-order valence-corrected chi connectivity index (χ3v) is 5.61. The van der Waals surface area contributed by atoms with Crippen LogP contribution in [0.3, 0.4) is 0 Å². The number of nitrogens with two attached hydrogens (primary N) is 1. The average molecular weight is 409 g/mol. The Hall–Kier alpha value is -1.89. The number of benzene rings is 2. The quantitative estimate of drug-likeness (QED) is 0.607. The van der Waals surface area contributed by atoms with Gasteiger partial charge in [0.2, 0.25) is 5.91 Å². The number of Topliss-reactive ketones (excluding diaryl/α,β-unsaturated/α-hetero) is 1. The molecule has 4 nitrogen and oxygen atoms in total. The molecule has 27 heavy (non-hydrogen) atoms. The number of nitrogens with zero attached hydrogens (tertiary/aromatic N) is 1. The second-order valence-corrected chi connectivity index (χ2v) is 7.52. The monoisotopic (exact) mass is 408 g/mol. The Morgan fingerprint density at radius 2 is 1.89 bits per heavy atom. The van der Waals surface area contributed by atoms with Crippen LogP contribution in [0.2, 0.25) is 0 Å². The molecule has 1 saturated heterocycles. The molecule has 0 saturated carbocycles. The number of rotatable bonds is 5. The predicted molar refractivity (Wildman–Crippen MR) is 108 cm³/mol. The summed E-state index contributed by atoms with van der Waals surface area (Å²) in [6.45, 7) is 2.45. The topological polar surface area (TPSA) is 63.4 Å². The van der Waals surface area contributed by atoms with Gasteiger partial charge in [0.25, 0.3) is 0 Å². The van der Waals surface area contributed by atoms with E-state index in [1.165, 1.54) is 30.8 Å². The lowest BCUT2D eigenvalue weighted by Crippen LogP contribution is -2.33. The molecule has 2 aromatic carbocycles. The summed E-state index contributed by atoms with van der Waals surface area (Å²) in [4.78, 5) is 26.2. The predicted octanol–water partition coefficient (Wildman–Crippen LogP) is 3.50. The van der Waals surface area contributed by atoms with E-state index in [1.54, 1.807) is 11.0 Å².